The van der Waals surface area contributed by atoms with Crippen molar-refractivity contribution >= 4 is 16.8 Å². The number of hydrogen-bond acceptors (Lipinski definition) is 4. The first kappa shape index (κ1) is 21.6. The van der Waals surface area contributed by atoms with E-state index < -0.39 is 0 Å². The second kappa shape index (κ2) is 10.6. The van der Waals surface area contributed by atoms with E-state index in [4.69, 9.17) is 4.74 Å². The van der Waals surface area contributed by atoms with Gasteiger partial charge in [-0.05, 0) is 30.2 Å². The summed E-state index contributed by atoms with van der Waals surface area (Å²) in [6.07, 6.45) is 0.422. The van der Waals surface area contributed by atoms with E-state index in [1.807, 2.05) is 6.07 Å². The fourth-order valence-corrected chi connectivity index (χ4v) is 3.27. The Morgan fingerprint density at radius 1 is 1.20 bits per heavy atom. The summed E-state index contributed by atoms with van der Waals surface area (Å²) in [5.74, 6) is 0.0926. The van der Waals surface area contributed by atoms with Crippen LogP contribution in [0.5, 0.6) is 0 Å². The van der Waals surface area contributed by atoms with Crippen molar-refractivity contribution in [1.29, 1.82) is 0 Å². The molecule has 1 atom stereocenters. The predicted molar refractivity (Wildman–Crippen MR) is 112 cm³/mol. The Hall–Kier alpha value is -3.10. The number of H-pyrrole nitrogens is 1. The van der Waals surface area contributed by atoms with Gasteiger partial charge in [-0.2, -0.15) is 0 Å². The van der Waals surface area contributed by atoms with Crippen molar-refractivity contribution < 1.29 is 18.8 Å². The molecule has 1 aromatic heterocycles. The number of halogens is 1. The van der Waals surface area contributed by atoms with Crippen LogP contribution < -0.4 is 15.8 Å². The number of quaternary nitrogens is 1. The summed E-state index contributed by atoms with van der Waals surface area (Å²) in [5.41, 5.74) is 0.993. The largest absolute Gasteiger partial charge is 0.379 e. The number of aromatic nitrogens is 2. The quantitative estimate of drug-likeness (QED) is 0.450. The summed E-state index contributed by atoms with van der Waals surface area (Å²) < 4.78 is 18.8. The predicted octanol–water partition coefficient (Wildman–Crippen LogP) is 0.452. The number of nitrogens with one attached hydrogen (secondary N) is 3. The molecule has 1 heterocycles. The smallest absolute Gasteiger partial charge is 0.275 e. The van der Waals surface area contributed by atoms with Gasteiger partial charge in [0.2, 0.25) is 0 Å². The van der Waals surface area contributed by atoms with Gasteiger partial charge in [0.15, 0.2) is 12.4 Å². The number of amides is 1. The molecule has 7 nitrogen and oxygen atoms in total. The third kappa shape index (κ3) is 5.95. The minimum absolute atomic E-state index is 0.152. The first-order valence-corrected chi connectivity index (χ1v) is 9.87. The lowest BCUT2D eigenvalue weighted by atomic mass is 10.1. The van der Waals surface area contributed by atoms with Crippen LogP contribution in [0.4, 0.5) is 4.39 Å². The highest BCUT2D eigenvalue weighted by atomic mass is 19.1. The monoisotopic (exact) mass is 413 g/mol. The van der Waals surface area contributed by atoms with Crippen molar-refractivity contribution in [2.75, 3.05) is 33.4 Å². The molecule has 3 N–H and O–H groups in total. The van der Waals surface area contributed by atoms with Gasteiger partial charge in [-0.15, -0.1) is 0 Å². The van der Waals surface area contributed by atoms with Gasteiger partial charge in [0.25, 0.3) is 11.5 Å². The highest BCUT2D eigenvalue weighted by Crippen LogP contribution is 2.06. The third-order valence-corrected chi connectivity index (χ3v) is 4.82. The molecule has 0 spiro atoms. The van der Waals surface area contributed by atoms with Crippen LogP contribution in [-0.4, -0.2) is 49.2 Å². The van der Waals surface area contributed by atoms with Gasteiger partial charge in [-0.25, -0.2) is 9.37 Å². The van der Waals surface area contributed by atoms with E-state index in [-0.39, 0.29) is 23.8 Å². The molecule has 0 saturated carbocycles. The number of rotatable bonds is 10. The normalized spacial score (nSPS) is 12.1. The maximum Gasteiger partial charge on any atom is 0.275 e. The zero-order chi connectivity index (χ0) is 21.3. The molecule has 3 rings (SSSR count). The van der Waals surface area contributed by atoms with Crippen LogP contribution in [0.1, 0.15) is 11.4 Å². The molecule has 0 aliphatic heterocycles. The maximum absolute atomic E-state index is 13.7. The molecule has 8 heteroatoms. The minimum atomic E-state index is -0.273. The molecule has 158 valence electrons. The van der Waals surface area contributed by atoms with Crippen LogP contribution in [0.3, 0.4) is 0 Å². The number of para-hydroxylation sites is 1. The van der Waals surface area contributed by atoms with Gasteiger partial charge in [-0.1, -0.05) is 30.3 Å². The molecule has 30 heavy (non-hydrogen) atoms. The van der Waals surface area contributed by atoms with E-state index in [9.17, 15) is 14.0 Å². The lowest BCUT2D eigenvalue weighted by Crippen LogP contribution is -3.12. The van der Waals surface area contributed by atoms with Gasteiger partial charge < -0.3 is 19.9 Å². The van der Waals surface area contributed by atoms with E-state index >= 15 is 0 Å². The molecule has 0 fully saturated rings. The number of hydrogen-bond donors (Lipinski definition) is 3. The average Bonchev–Trinajstić information content (AvgIpc) is 2.73. The van der Waals surface area contributed by atoms with Crippen LogP contribution in [0, 0.1) is 5.82 Å². The van der Waals surface area contributed by atoms with E-state index in [2.05, 4.69) is 15.3 Å². The molecule has 3 aromatic rings. The van der Waals surface area contributed by atoms with Crippen molar-refractivity contribution in [2.24, 2.45) is 0 Å². The number of benzene rings is 2. The number of fused-ring (bicyclic) bond motifs is 1. The van der Waals surface area contributed by atoms with Crippen LogP contribution in [0.2, 0.25) is 0 Å². The molecular weight excluding hydrogens is 387 g/mol. The average molecular weight is 413 g/mol. The van der Waals surface area contributed by atoms with Crippen molar-refractivity contribution in [3.63, 3.8) is 0 Å². The van der Waals surface area contributed by atoms with Gasteiger partial charge in [0.05, 0.1) is 17.5 Å². The summed E-state index contributed by atoms with van der Waals surface area (Å²) in [4.78, 5) is 32.9. The Morgan fingerprint density at radius 3 is 2.77 bits per heavy atom. The highest BCUT2D eigenvalue weighted by molar-refractivity contribution is 5.77. The first-order chi connectivity index (χ1) is 14.6. The van der Waals surface area contributed by atoms with Crippen molar-refractivity contribution in [1.82, 2.24) is 15.3 Å². The molecule has 0 bridgehead atoms. The fraction of sp³-hybridized carbons (Fsp3) is 0.318. The Bertz CT molecular complexity index is 1050. The van der Waals surface area contributed by atoms with Crippen molar-refractivity contribution in [2.45, 2.75) is 13.0 Å². The summed E-state index contributed by atoms with van der Waals surface area (Å²) in [5, 5.41) is 3.37. The van der Waals surface area contributed by atoms with Crippen LogP contribution >= 0.6 is 0 Å². The number of carbonyl (C=O) groups is 1. The lowest BCUT2D eigenvalue weighted by molar-refractivity contribution is -0.906. The Balaban J connectivity index is 1.60. The number of ether oxygens (including phenoxy) is 1. The van der Waals surface area contributed by atoms with Crippen LogP contribution in [-0.2, 0) is 22.5 Å². The molecule has 1 unspecified atom stereocenters. The van der Waals surface area contributed by atoms with Gasteiger partial charge in [0, 0.05) is 13.7 Å². The summed E-state index contributed by atoms with van der Waals surface area (Å²) in [7, 11) is 1.60. The molecule has 2 aromatic carbocycles. The van der Waals surface area contributed by atoms with E-state index in [0.29, 0.717) is 55.0 Å². The van der Waals surface area contributed by atoms with Gasteiger partial charge in [-0.3, -0.25) is 9.59 Å². The Kier molecular flexibility index (Phi) is 7.64. The molecular formula is C22H26FN4O3+. The summed E-state index contributed by atoms with van der Waals surface area (Å²) in [6.45, 7) is 1.97. The molecule has 0 aliphatic rings. The third-order valence-electron chi connectivity index (χ3n) is 4.82. The van der Waals surface area contributed by atoms with Crippen molar-refractivity contribution in [3.05, 3.63) is 76.1 Å². The van der Waals surface area contributed by atoms with Crippen LogP contribution in [0.15, 0.2) is 53.3 Å². The first-order valence-electron chi connectivity index (χ1n) is 9.87. The lowest BCUT2D eigenvalue weighted by Gasteiger charge is -2.18. The minimum Gasteiger partial charge on any atom is -0.379 e. The highest BCUT2D eigenvalue weighted by Gasteiger charge is 2.17. The molecule has 0 saturated heterocycles. The van der Waals surface area contributed by atoms with Crippen molar-refractivity contribution in [3.8, 4) is 0 Å². The maximum atomic E-state index is 13.7. The number of nitrogens with zero attached hydrogens (tertiary/aromatic N) is 1. The number of carbonyl (C=O) groups excluding carboxylic acids is 1. The topological polar surface area (TPSA) is 88.5 Å². The summed E-state index contributed by atoms with van der Waals surface area (Å²) >= 11 is 0. The number of methoxy groups -OCH3 is 1. The second-order valence-electron chi connectivity index (χ2n) is 7.07. The number of aromatic amines is 1. The second-order valence-corrected chi connectivity index (χ2v) is 7.07. The summed E-state index contributed by atoms with van der Waals surface area (Å²) in [6, 6.07) is 13.7. The zero-order valence-electron chi connectivity index (χ0n) is 16.9. The molecule has 1 amide bonds. The van der Waals surface area contributed by atoms with Gasteiger partial charge in [0.1, 0.15) is 18.9 Å². The zero-order valence-corrected chi connectivity index (χ0v) is 16.9. The SMILES string of the molecule is COCC[NH+](CC(=O)NCCc1ccccc1F)Cc1nc2ccccc2c(=O)[nH]1. The fourth-order valence-electron chi connectivity index (χ4n) is 3.27. The van der Waals surface area contributed by atoms with Gasteiger partial charge >= 0.3 is 0 Å². The van der Waals surface area contributed by atoms with E-state index in [0.717, 1.165) is 4.90 Å². The molecule has 0 radical (unpaired) electrons. The Morgan fingerprint density at radius 2 is 1.97 bits per heavy atom. The molecule has 0 aliphatic carbocycles. The standard InChI is InChI=1S/C22H25FN4O3/c1-30-13-12-27(14-20-25-19-9-5-3-7-17(19)22(29)26-20)15-21(28)24-11-10-16-6-2-4-8-18(16)23/h2-9H,10-15H2,1H3,(H,24,28)(H,25,26,29)/p+1. The van der Waals surface area contributed by atoms with E-state index in [1.165, 1.54) is 6.07 Å². The van der Waals surface area contributed by atoms with E-state index in [1.54, 1.807) is 43.5 Å². The van der Waals surface area contributed by atoms with Crippen LogP contribution in [0.25, 0.3) is 10.9 Å². The Labute approximate surface area is 173 Å².